The fourth-order valence-corrected chi connectivity index (χ4v) is 2.28. The number of rotatable bonds is 1. The van der Waals surface area contributed by atoms with Crippen LogP contribution in [0.25, 0.3) is 0 Å². The molecule has 3 unspecified atom stereocenters. The quantitative estimate of drug-likeness (QED) is 0.684. The molecule has 0 aromatic heterocycles. The zero-order valence-electron chi connectivity index (χ0n) is 6.80. The van der Waals surface area contributed by atoms with Crippen LogP contribution in [0.1, 0.15) is 19.3 Å². The zero-order chi connectivity index (χ0) is 8.06. The average Bonchev–Trinajstić information content (AvgIpc) is 2.55. The Balaban J connectivity index is 0.000000720. The van der Waals surface area contributed by atoms with E-state index in [0.29, 0.717) is 25.3 Å². The number of halogens is 3. The molecule has 1 nitrogen and oxygen atoms in total. The van der Waals surface area contributed by atoms with Crippen molar-refractivity contribution in [2.24, 2.45) is 23.5 Å². The molecule has 0 heterocycles. The maximum Gasteiger partial charge on any atom is 0.254 e. The lowest BCUT2D eigenvalue weighted by Gasteiger charge is -2.16. The molecule has 0 aromatic rings. The second-order valence-electron chi connectivity index (χ2n) is 3.80. The maximum absolute atomic E-state index is 12.8. The van der Waals surface area contributed by atoms with Gasteiger partial charge < -0.3 is 5.73 Å². The Labute approximate surface area is 77.1 Å². The van der Waals surface area contributed by atoms with Crippen LogP contribution >= 0.6 is 12.4 Å². The van der Waals surface area contributed by atoms with Crippen LogP contribution in [0.4, 0.5) is 8.78 Å². The van der Waals surface area contributed by atoms with E-state index in [-0.39, 0.29) is 24.2 Å². The SMILES string of the molecule is Cl.NCC1CCC2C(C1)C2(F)F. The highest BCUT2D eigenvalue weighted by atomic mass is 35.5. The summed E-state index contributed by atoms with van der Waals surface area (Å²) < 4.78 is 25.5. The summed E-state index contributed by atoms with van der Waals surface area (Å²) in [7, 11) is 0. The molecular weight excluding hydrogens is 184 g/mol. The Morgan fingerprint density at radius 1 is 1.25 bits per heavy atom. The Bertz CT molecular complexity index is 174. The van der Waals surface area contributed by atoms with Crippen molar-refractivity contribution < 1.29 is 8.78 Å². The Morgan fingerprint density at radius 3 is 2.42 bits per heavy atom. The van der Waals surface area contributed by atoms with E-state index in [1.165, 1.54) is 0 Å². The van der Waals surface area contributed by atoms with Crippen LogP contribution in [0.15, 0.2) is 0 Å². The summed E-state index contributed by atoms with van der Waals surface area (Å²) in [4.78, 5) is 0. The Hall–Kier alpha value is 0.110. The molecule has 2 saturated carbocycles. The van der Waals surface area contributed by atoms with Gasteiger partial charge in [0.1, 0.15) is 0 Å². The number of nitrogens with two attached hydrogens (primary N) is 1. The standard InChI is InChI=1S/C8H13F2N.ClH/c9-8(10)6-2-1-5(4-11)3-7(6)8;/h5-7H,1-4,11H2;1H. The summed E-state index contributed by atoms with van der Waals surface area (Å²) >= 11 is 0. The van der Waals surface area contributed by atoms with Gasteiger partial charge >= 0.3 is 0 Å². The van der Waals surface area contributed by atoms with Gasteiger partial charge in [-0.3, -0.25) is 0 Å². The van der Waals surface area contributed by atoms with E-state index in [1.54, 1.807) is 0 Å². The highest BCUT2D eigenvalue weighted by molar-refractivity contribution is 5.85. The van der Waals surface area contributed by atoms with Crippen LogP contribution in [0, 0.1) is 17.8 Å². The van der Waals surface area contributed by atoms with Gasteiger partial charge in [0.05, 0.1) is 0 Å². The van der Waals surface area contributed by atoms with Crippen LogP contribution in [0.5, 0.6) is 0 Å². The van der Waals surface area contributed by atoms with Crippen LogP contribution in [0.3, 0.4) is 0 Å². The van der Waals surface area contributed by atoms with Crippen molar-refractivity contribution in [3.63, 3.8) is 0 Å². The van der Waals surface area contributed by atoms with E-state index in [1.807, 2.05) is 0 Å². The predicted octanol–water partition coefficient (Wildman–Crippen LogP) is 2.05. The van der Waals surface area contributed by atoms with Crippen LogP contribution < -0.4 is 5.73 Å². The third kappa shape index (κ3) is 1.33. The molecule has 2 aliphatic rings. The van der Waals surface area contributed by atoms with Gasteiger partial charge in [-0.1, -0.05) is 0 Å². The average molecular weight is 198 g/mol. The molecule has 4 heteroatoms. The van der Waals surface area contributed by atoms with Gasteiger partial charge in [0.15, 0.2) is 0 Å². The van der Waals surface area contributed by atoms with E-state index in [0.717, 1.165) is 6.42 Å². The van der Waals surface area contributed by atoms with Gasteiger partial charge in [0.2, 0.25) is 0 Å². The second-order valence-corrected chi connectivity index (χ2v) is 3.80. The summed E-state index contributed by atoms with van der Waals surface area (Å²) in [5.41, 5.74) is 5.43. The number of hydrogen-bond acceptors (Lipinski definition) is 1. The number of alkyl halides is 2. The summed E-state index contributed by atoms with van der Waals surface area (Å²) in [6, 6.07) is 0. The first kappa shape index (κ1) is 10.2. The van der Waals surface area contributed by atoms with Crippen LogP contribution in [0.2, 0.25) is 0 Å². The van der Waals surface area contributed by atoms with Gasteiger partial charge in [0, 0.05) is 11.8 Å². The number of fused-ring (bicyclic) bond motifs is 1. The largest absolute Gasteiger partial charge is 0.330 e. The van der Waals surface area contributed by atoms with Crippen molar-refractivity contribution in [3.8, 4) is 0 Å². The molecule has 2 aliphatic carbocycles. The topological polar surface area (TPSA) is 26.0 Å². The van der Waals surface area contributed by atoms with Gasteiger partial charge in [-0.2, -0.15) is 0 Å². The van der Waals surface area contributed by atoms with Crippen LogP contribution in [-0.4, -0.2) is 12.5 Å². The van der Waals surface area contributed by atoms with E-state index in [9.17, 15) is 8.78 Å². The fourth-order valence-electron chi connectivity index (χ4n) is 2.28. The Morgan fingerprint density at radius 2 is 1.92 bits per heavy atom. The van der Waals surface area contributed by atoms with Crippen molar-refractivity contribution in [3.05, 3.63) is 0 Å². The molecule has 0 saturated heterocycles. The Kier molecular flexibility index (Phi) is 2.64. The molecular formula is C8H14ClF2N. The smallest absolute Gasteiger partial charge is 0.254 e. The zero-order valence-corrected chi connectivity index (χ0v) is 7.62. The minimum atomic E-state index is -2.33. The van der Waals surface area contributed by atoms with Gasteiger partial charge in [-0.15, -0.1) is 12.4 Å². The monoisotopic (exact) mass is 197 g/mol. The molecule has 72 valence electrons. The van der Waals surface area contributed by atoms with Gasteiger partial charge in [-0.25, -0.2) is 8.78 Å². The van der Waals surface area contributed by atoms with E-state index < -0.39 is 5.92 Å². The fraction of sp³-hybridized carbons (Fsp3) is 1.00. The lowest BCUT2D eigenvalue weighted by molar-refractivity contribution is 0.0844. The first-order chi connectivity index (χ1) is 5.16. The van der Waals surface area contributed by atoms with E-state index in [2.05, 4.69) is 0 Å². The molecule has 2 N–H and O–H groups in total. The first-order valence-corrected chi connectivity index (χ1v) is 4.24. The third-order valence-electron chi connectivity index (χ3n) is 3.17. The molecule has 0 radical (unpaired) electrons. The molecule has 3 atom stereocenters. The lowest BCUT2D eigenvalue weighted by Crippen LogP contribution is -2.18. The van der Waals surface area contributed by atoms with Crippen LogP contribution in [-0.2, 0) is 0 Å². The third-order valence-corrected chi connectivity index (χ3v) is 3.17. The summed E-state index contributed by atoms with van der Waals surface area (Å²) in [5.74, 6) is -2.57. The maximum atomic E-state index is 12.8. The minimum Gasteiger partial charge on any atom is -0.330 e. The molecule has 2 rings (SSSR count). The minimum absolute atomic E-state index is 0. The van der Waals surface area contributed by atoms with Crippen molar-refractivity contribution >= 4 is 12.4 Å². The molecule has 0 amide bonds. The predicted molar refractivity (Wildman–Crippen MR) is 45.6 cm³/mol. The molecule has 0 spiro atoms. The van der Waals surface area contributed by atoms with Crippen molar-refractivity contribution in [2.45, 2.75) is 25.2 Å². The van der Waals surface area contributed by atoms with E-state index in [4.69, 9.17) is 5.73 Å². The highest BCUT2D eigenvalue weighted by Crippen LogP contribution is 2.63. The van der Waals surface area contributed by atoms with Crippen molar-refractivity contribution in [1.29, 1.82) is 0 Å². The summed E-state index contributed by atoms with van der Waals surface area (Å²) in [5, 5.41) is 0. The van der Waals surface area contributed by atoms with Crippen molar-refractivity contribution in [1.82, 2.24) is 0 Å². The molecule has 2 fully saturated rings. The lowest BCUT2D eigenvalue weighted by atomic mass is 9.90. The first-order valence-electron chi connectivity index (χ1n) is 4.24. The number of hydrogen-bond donors (Lipinski definition) is 1. The second kappa shape index (κ2) is 3.11. The molecule has 0 bridgehead atoms. The highest BCUT2D eigenvalue weighted by Gasteiger charge is 2.68. The summed E-state index contributed by atoms with van der Waals surface area (Å²) in [6.45, 7) is 0.583. The molecule has 0 aliphatic heterocycles. The van der Waals surface area contributed by atoms with Crippen molar-refractivity contribution in [2.75, 3.05) is 6.54 Å². The van der Waals surface area contributed by atoms with E-state index >= 15 is 0 Å². The van der Waals surface area contributed by atoms with Gasteiger partial charge in [-0.05, 0) is 31.7 Å². The normalized spacial score (nSPS) is 42.8. The molecule has 0 aromatic carbocycles. The van der Waals surface area contributed by atoms with Gasteiger partial charge in [0.25, 0.3) is 5.92 Å². The molecule has 12 heavy (non-hydrogen) atoms. The summed E-state index contributed by atoms with van der Waals surface area (Å²) in [6.07, 6.45) is 2.26.